The second kappa shape index (κ2) is 8.36. The number of likely N-dealkylation sites (tertiary alicyclic amines) is 1. The normalized spacial score (nSPS) is 18.2. The highest BCUT2D eigenvalue weighted by Crippen LogP contribution is 2.41. The van der Waals surface area contributed by atoms with Crippen molar-refractivity contribution in [2.75, 3.05) is 27.4 Å². The first-order valence-corrected chi connectivity index (χ1v) is 9.11. The van der Waals surface area contributed by atoms with Gasteiger partial charge in [0.2, 0.25) is 0 Å². The quantitative estimate of drug-likeness (QED) is 0.442. The molecule has 7 heteroatoms. The first kappa shape index (κ1) is 20.4. The van der Waals surface area contributed by atoms with Gasteiger partial charge in [-0.05, 0) is 24.6 Å². The molecule has 29 heavy (non-hydrogen) atoms. The number of hydrogen-bond donors (Lipinski definition) is 2. The van der Waals surface area contributed by atoms with E-state index in [2.05, 4.69) is 0 Å². The Balaban J connectivity index is 2.20. The maximum atomic E-state index is 12.8. The Bertz CT molecular complexity index is 964. The van der Waals surface area contributed by atoms with Crippen LogP contribution in [0.5, 0.6) is 11.5 Å². The summed E-state index contributed by atoms with van der Waals surface area (Å²) in [6.07, 6.45) is 0. The molecule has 0 spiro atoms. The molecule has 1 aliphatic rings. The molecule has 1 aliphatic heterocycles. The van der Waals surface area contributed by atoms with Crippen LogP contribution in [0.4, 0.5) is 0 Å². The zero-order valence-electron chi connectivity index (χ0n) is 16.5. The minimum absolute atomic E-state index is 0.0282. The van der Waals surface area contributed by atoms with Gasteiger partial charge in [-0.2, -0.15) is 0 Å². The van der Waals surface area contributed by atoms with E-state index in [1.807, 2.05) is 19.1 Å². The first-order chi connectivity index (χ1) is 13.9. The number of benzene rings is 2. The minimum atomic E-state index is -0.858. The number of ketones is 1. The number of methoxy groups -OCH3 is 2. The molecule has 1 fully saturated rings. The lowest BCUT2D eigenvalue weighted by Crippen LogP contribution is -2.32. The van der Waals surface area contributed by atoms with Crippen molar-refractivity contribution in [2.24, 2.45) is 0 Å². The molecule has 0 radical (unpaired) electrons. The monoisotopic (exact) mass is 397 g/mol. The summed E-state index contributed by atoms with van der Waals surface area (Å²) in [6, 6.07) is 11.2. The number of aliphatic hydroxyl groups is 2. The Hall–Kier alpha value is -3.32. The number of carbonyl (C=O) groups excluding carboxylic acids is 2. The molecule has 2 aromatic carbocycles. The van der Waals surface area contributed by atoms with Gasteiger partial charge in [0, 0.05) is 12.1 Å². The van der Waals surface area contributed by atoms with Crippen molar-refractivity contribution in [3.05, 3.63) is 64.7 Å². The molecule has 0 aromatic heterocycles. The molecule has 1 heterocycles. The highest BCUT2D eigenvalue weighted by molar-refractivity contribution is 6.46. The largest absolute Gasteiger partial charge is 0.507 e. The average molecular weight is 397 g/mol. The Labute approximate surface area is 168 Å². The summed E-state index contributed by atoms with van der Waals surface area (Å²) in [7, 11) is 2.99. The minimum Gasteiger partial charge on any atom is -0.507 e. The molecule has 1 amide bonds. The van der Waals surface area contributed by atoms with E-state index in [9.17, 15) is 19.8 Å². The molecular weight excluding hydrogens is 374 g/mol. The van der Waals surface area contributed by atoms with Crippen molar-refractivity contribution in [3.63, 3.8) is 0 Å². The zero-order chi connectivity index (χ0) is 21.1. The van der Waals surface area contributed by atoms with Gasteiger partial charge in [-0.3, -0.25) is 9.59 Å². The fourth-order valence-corrected chi connectivity index (χ4v) is 3.45. The van der Waals surface area contributed by atoms with Gasteiger partial charge in [0.05, 0.1) is 32.4 Å². The number of amides is 1. The Kier molecular flexibility index (Phi) is 5.89. The number of Topliss-reactive ketones (excluding diaryl/α,β-unsaturated/α-hetero) is 1. The van der Waals surface area contributed by atoms with E-state index in [0.29, 0.717) is 22.6 Å². The molecule has 152 valence electrons. The number of ether oxygens (including phenoxy) is 2. The summed E-state index contributed by atoms with van der Waals surface area (Å²) in [4.78, 5) is 26.7. The van der Waals surface area contributed by atoms with Crippen LogP contribution in [0.1, 0.15) is 22.7 Å². The van der Waals surface area contributed by atoms with Crippen LogP contribution in [0.3, 0.4) is 0 Å². The molecule has 0 saturated carbocycles. The maximum Gasteiger partial charge on any atom is 0.295 e. The van der Waals surface area contributed by atoms with Crippen LogP contribution in [0.15, 0.2) is 48.0 Å². The smallest absolute Gasteiger partial charge is 0.295 e. The fraction of sp³-hybridized carbons (Fsp3) is 0.273. The van der Waals surface area contributed by atoms with Crippen LogP contribution in [0, 0.1) is 6.92 Å². The summed E-state index contributed by atoms with van der Waals surface area (Å²) >= 11 is 0. The van der Waals surface area contributed by atoms with Crippen LogP contribution >= 0.6 is 0 Å². The second-order valence-electron chi connectivity index (χ2n) is 6.70. The SMILES string of the molecule is COc1ccc([C@H]2C(=C(O)c3ccc(C)cc3)C(=O)C(=O)N2CCO)cc1OC. The van der Waals surface area contributed by atoms with Gasteiger partial charge in [0.15, 0.2) is 11.5 Å². The highest BCUT2D eigenvalue weighted by atomic mass is 16.5. The lowest BCUT2D eigenvalue weighted by Gasteiger charge is -2.25. The second-order valence-corrected chi connectivity index (χ2v) is 6.70. The van der Waals surface area contributed by atoms with Crippen molar-refractivity contribution < 1.29 is 29.3 Å². The van der Waals surface area contributed by atoms with E-state index in [0.717, 1.165) is 5.56 Å². The van der Waals surface area contributed by atoms with Crippen molar-refractivity contribution in [1.29, 1.82) is 0 Å². The van der Waals surface area contributed by atoms with Crippen LogP contribution < -0.4 is 9.47 Å². The summed E-state index contributed by atoms with van der Waals surface area (Å²) in [5.74, 6) is -0.906. The van der Waals surface area contributed by atoms with Crippen molar-refractivity contribution in [1.82, 2.24) is 4.90 Å². The number of aryl methyl sites for hydroxylation is 1. The van der Waals surface area contributed by atoms with Gasteiger partial charge in [0.25, 0.3) is 11.7 Å². The lowest BCUT2D eigenvalue weighted by atomic mass is 9.94. The van der Waals surface area contributed by atoms with Crippen molar-refractivity contribution >= 4 is 17.4 Å². The summed E-state index contributed by atoms with van der Waals surface area (Å²) in [5, 5.41) is 20.3. The Morgan fingerprint density at radius 1 is 1.03 bits per heavy atom. The van der Waals surface area contributed by atoms with Crippen molar-refractivity contribution in [2.45, 2.75) is 13.0 Å². The third kappa shape index (κ3) is 3.69. The predicted octanol–water partition coefficient (Wildman–Crippen LogP) is 2.43. The number of aliphatic hydroxyl groups excluding tert-OH is 2. The summed E-state index contributed by atoms with van der Waals surface area (Å²) in [6.45, 7) is 1.54. The maximum absolute atomic E-state index is 12.8. The van der Waals surface area contributed by atoms with Crippen LogP contribution in [0.2, 0.25) is 0 Å². The van der Waals surface area contributed by atoms with Gasteiger partial charge in [-0.15, -0.1) is 0 Å². The van der Waals surface area contributed by atoms with Gasteiger partial charge in [-0.25, -0.2) is 0 Å². The predicted molar refractivity (Wildman–Crippen MR) is 107 cm³/mol. The average Bonchev–Trinajstić information content (AvgIpc) is 2.98. The third-order valence-corrected chi connectivity index (χ3v) is 4.93. The molecule has 3 rings (SSSR count). The number of carbonyl (C=O) groups is 2. The lowest BCUT2D eigenvalue weighted by molar-refractivity contribution is -0.140. The molecule has 1 atom stereocenters. The molecule has 2 aromatic rings. The Morgan fingerprint density at radius 2 is 1.69 bits per heavy atom. The number of β-amino-alcohol motifs (C(OH)–C–C–N with tert-alkyl or cyclic N) is 1. The fourth-order valence-electron chi connectivity index (χ4n) is 3.45. The molecule has 2 N–H and O–H groups in total. The van der Waals surface area contributed by atoms with Crippen LogP contribution in [-0.2, 0) is 9.59 Å². The highest BCUT2D eigenvalue weighted by Gasteiger charge is 2.46. The van der Waals surface area contributed by atoms with Gasteiger partial charge in [-0.1, -0.05) is 35.9 Å². The van der Waals surface area contributed by atoms with E-state index in [1.54, 1.807) is 30.3 Å². The van der Waals surface area contributed by atoms with Gasteiger partial charge >= 0.3 is 0 Å². The third-order valence-electron chi connectivity index (χ3n) is 4.93. The summed E-state index contributed by atoms with van der Waals surface area (Å²) in [5.41, 5.74) is 1.96. The number of hydrogen-bond acceptors (Lipinski definition) is 6. The first-order valence-electron chi connectivity index (χ1n) is 9.11. The van der Waals surface area contributed by atoms with Crippen LogP contribution in [-0.4, -0.2) is 54.2 Å². The number of rotatable bonds is 6. The van der Waals surface area contributed by atoms with E-state index >= 15 is 0 Å². The molecule has 0 bridgehead atoms. The zero-order valence-corrected chi connectivity index (χ0v) is 16.5. The number of nitrogens with zero attached hydrogens (tertiary/aromatic N) is 1. The molecular formula is C22H23NO6. The van der Waals surface area contributed by atoms with Gasteiger partial charge in [0.1, 0.15) is 5.76 Å². The van der Waals surface area contributed by atoms with Crippen molar-refractivity contribution in [3.8, 4) is 11.5 Å². The van der Waals surface area contributed by atoms with E-state index in [4.69, 9.17) is 9.47 Å². The van der Waals surface area contributed by atoms with E-state index in [1.165, 1.54) is 19.1 Å². The van der Waals surface area contributed by atoms with Gasteiger partial charge < -0.3 is 24.6 Å². The summed E-state index contributed by atoms with van der Waals surface area (Å²) < 4.78 is 10.6. The van der Waals surface area contributed by atoms with E-state index in [-0.39, 0.29) is 24.5 Å². The standard InChI is InChI=1S/C22H23NO6/c1-13-4-6-14(7-5-13)20(25)18-19(23(10-11-24)22(27)21(18)26)15-8-9-16(28-2)17(12-15)29-3/h4-9,12,19,24-25H,10-11H2,1-3H3/t19-/m0/s1. The molecule has 0 aliphatic carbocycles. The molecule has 7 nitrogen and oxygen atoms in total. The molecule has 1 saturated heterocycles. The van der Waals surface area contributed by atoms with Crippen LogP contribution in [0.25, 0.3) is 5.76 Å². The molecule has 0 unspecified atom stereocenters. The topological polar surface area (TPSA) is 96.3 Å². The van der Waals surface area contributed by atoms with E-state index < -0.39 is 17.7 Å². The Morgan fingerprint density at radius 3 is 2.28 bits per heavy atom.